The van der Waals surface area contributed by atoms with Crippen molar-refractivity contribution in [3.8, 4) is 0 Å². The molecule has 4 rings (SSSR count). The Labute approximate surface area is 202 Å². The van der Waals surface area contributed by atoms with E-state index in [-0.39, 0.29) is 17.0 Å². The normalized spacial score (nSPS) is 26.7. The molecule has 11 heteroatoms. The second-order valence-corrected chi connectivity index (χ2v) is 10.6. The quantitative estimate of drug-likeness (QED) is 0.622. The Hall–Kier alpha value is -2.82. The fourth-order valence-corrected chi connectivity index (χ4v) is 5.88. The molecule has 2 atom stereocenters. The molecule has 3 fully saturated rings. The maximum absolute atomic E-state index is 13.4. The van der Waals surface area contributed by atoms with Crippen LogP contribution in [0.3, 0.4) is 0 Å². The summed E-state index contributed by atoms with van der Waals surface area (Å²) in [6.45, 7) is 7.26. The third kappa shape index (κ3) is 5.24. The van der Waals surface area contributed by atoms with Crippen LogP contribution in [-0.4, -0.2) is 61.1 Å². The van der Waals surface area contributed by atoms with E-state index in [9.17, 15) is 27.6 Å². The fourth-order valence-electron chi connectivity index (χ4n) is 5.88. The van der Waals surface area contributed by atoms with E-state index in [1.807, 2.05) is 25.7 Å². The minimum absolute atomic E-state index is 0.0269. The first-order chi connectivity index (χ1) is 16.3. The minimum Gasteiger partial charge on any atom is -0.378 e. The van der Waals surface area contributed by atoms with E-state index in [0.29, 0.717) is 44.8 Å². The highest BCUT2D eigenvalue weighted by molar-refractivity contribution is 6.10. The number of benzene rings is 1. The maximum Gasteiger partial charge on any atom is 0.416 e. The van der Waals surface area contributed by atoms with Crippen LogP contribution >= 0.6 is 0 Å². The second-order valence-electron chi connectivity index (χ2n) is 10.6. The zero-order valence-electron chi connectivity index (χ0n) is 20.1. The first-order valence-electron chi connectivity index (χ1n) is 11.8. The van der Waals surface area contributed by atoms with Crippen molar-refractivity contribution in [2.24, 2.45) is 11.3 Å². The van der Waals surface area contributed by atoms with Crippen molar-refractivity contribution in [2.75, 3.05) is 43.1 Å². The summed E-state index contributed by atoms with van der Waals surface area (Å²) in [6, 6.07) is 2.50. The number of alkyl halides is 3. The van der Waals surface area contributed by atoms with Gasteiger partial charge in [-0.1, -0.05) is 20.8 Å². The van der Waals surface area contributed by atoms with Crippen LogP contribution in [0.4, 0.5) is 29.3 Å². The van der Waals surface area contributed by atoms with Crippen LogP contribution in [0.5, 0.6) is 0 Å². The van der Waals surface area contributed by atoms with Crippen molar-refractivity contribution in [1.82, 2.24) is 10.2 Å². The average molecular weight is 497 g/mol. The van der Waals surface area contributed by atoms with E-state index >= 15 is 0 Å². The number of carbonyl (C=O) groups excluding carboxylic acids is 3. The van der Waals surface area contributed by atoms with Crippen LogP contribution in [0.25, 0.3) is 0 Å². The molecular weight excluding hydrogens is 465 g/mol. The van der Waals surface area contributed by atoms with Gasteiger partial charge in [-0.25, -0.2) is 4.79 Å². The van der Waals surface area contributed by atoms with Gasteiger partial charge in [0.2, 0.25) is 5.91 Å². The summed E-state index contributed by atoms with van der Waals surface area (Å²) >= 11 is 0. The highest BCUT2D eigenvalue weighted by atomic mass is 19.4. The number of rotatable bonds is 4. The van der Waals surface area contributed by atoms with Gasteiger partial charge in [0, 0.05) is 13.1 Å². The Bertz CT molecular complexity index is 1020. The number of nitrogens with zero attached hydrogens (tertiary/aromatic N) is 2. The number of urea groups is 1. The maximum atomic E-state index is 13.4. The molecule has 1 aliphatic carbocycles. The molecule has 2 saturated heterocycles. The highest BCUT2D eigenvalue weighted by Crippen LogP contribution is 2.46. The van der Waals surface area contributed by atoms with Crippen LogP contribution in [0.1, 0.15) is 45.6 Å². The molecule has 0 aromatic heterocycles. The van der Waals surface area contributed by atoms with Crippen LogP contribution in [-0.2, 0) is 20.5 Å². The number of imide groups is 1. The number of halogens is 3. The third-order valence-electron chi connectivity index (χ3n) is 6.88. The lowest BCUT2D eigenvalue weighted by atomic mass is 9.64. The predicted molar refractivity (Wildman–Crippen MR) is 123 cm³/mol. The predicted octanol–water partition coefficient (Wildman–Crippen LogP) is 3.62. The molecular formula is C24H31F3N4O4. The zero-order valence-corrected chi connectivity index (χ0v) is 20.1. The summed E-state index contributed by atoms with van der Waals surface area (Å²) in [4.78, 5) is 41.6. The molecule has 3 aliphatic rings. The van der Waals surface area contributed by atoms with E-state index in [2.05, 4.69) is 10.6 Å². The number of hydrogen-bond donors (Lipinski definition) is 2. The van der Waals surface area contributed by atoms with Crippen LogP contribution in [0.15, 0.2) is 18.2 Å². The average Bonchev–Trinajstić information content (AvgIpc) is 2.95. The van der Waals surface area contributed by atoms with Crippen molar-refractivity contribution in [3.63, 3.8) is 0 Å². The summed E-state index contributed by atoms with van der Waals surface area (Å²) in [6.07, 6.45) is -2.74. The molecule has 0 bridgehead atoms. The Morgan fingerprint density at radius 2 is 1.89 bits per heavy atom. The summed E-state index contributed by atoms with van der Waals surface area (Å²) in [5, 5.41) is 5.31. The summed E-state index contributed by atoms with van der Waals surface area (Å²) in [7, 11) is 0. The number of morpholine rings is 1. The molecule has 0 unspecified atom stereocenters. The van der Waals surface area contributed by atoms with Crippen molar-refractivity contribution in [1.29, 1.82) is 0 Å². The van der Waals surface area contributed by atoms with Crippen LogP contribution in [0, 0.1) is 11.3 Å². The molecule has 35 heavy (non-hydrogen) atoms. The van der Waals surface area contributed by atoms with Crippen molar-refractivity contribution < 1.29 is 32.3 Å². The number of hydrogen-bond acceptors (Lipinski definition) is 5. The third-order valence-corrected chi connectivity index (χ3v) is 6.88. The van der Waals surface area contributed by atoms with Crippen molar-refractivity contribution in [3.05, 3.63) is 23.8 Å². The SMILES string of the molecule is C[C@H]1CC(C)(C)C[C@]2(C1)NC(=O)N(CC(=O)Nc1cc(C(F)(F)F)ccc1N1CCOCC1)C2=O. The van der Waals surface area contributed by atoms with Gasteiger partial charge in [0.05, 0.1) is 30.2 Å². The zero-order chi connectivity index (χ0) is 25.6. The molecule has 0 radical (unpaired) electrons. The standard InChI is InChI=1S/C24H31F3N4O4/c1-15-11-22(2,3)14-23(12-15)20(33)31(21(34)29-23)13-19(32)28-17-10-16(24(25,26)27)4-5-18(17)30-6-8-35-9-7-30/h4-5,10,15H,6-9,11-14H2,1-3H3,(H,28,32)(H,29,34)/t15-,23-/m0/s1. The van der Waals surface area contributed by atoms with E-state index in [1.54, 1.807) is 0 Å². The Morgan fingerprint density at radius 1 is 1.20 bits per heavy atom. The van der Waals surface area contributed by atoms with Crippen LogP contribution in [0.2, 0.25) is 0 Å². The molecule has 8 nitrogen and oxygen atoms in total. The van der Waals surface area contributed by atoms with E-state index < -0.39 is 41.7 Å². The van der Waals surface area contributed by atoms with Gasteiger partial charge >= 0.3 is 12.2 Å². The molecule has 1 aromatic carbocycles. The Balaban J connectivity index is 1.54. The largest absolute Gasteiger partial charge is 0.416 e. The van der Waals surface area contributed by atoms with Gasteiger partial charge in [0.25, 0.3) is 5.91 Å². The molecule has 2 aliphatic heterocycles. The Kier molecular flexibility index (Phi) is 6.50. The summed E-state index contributed by atoms with van der Waals surface area (Å²) < 4.78 is 45.4. The number of nitrogens with one attached hydrogen (secondary N) is 2. The van der Waals surface area contributed by atoms with E-state index in [0.717, 1.165) is 23.5 Å². The first kappa shape index (κ1) is 25.3. The summed E-state index contributed by atoms with van der Waals surface area (Å²) in [5.74, 6) is -1.00. The fraction of sp³-hybridized carbons (Fsp3) is 0.625. The van der Waals surface area contributed by atoms with Crippen LogP contribution < -0.4 is 15.5 Å². The monoisotopic (exact) mass is 496 g/mol. The van der Waals surface area contributed by atoms with Crippen molar-refractivity contribution >= 4 is 29.2 Å². The lowest BCUT2D eigenvalue weighted by Gasteiger charge is -2.43. The Morgan fingerprint density at radius 3 is 2.51 bits per heavy atom. The molecule has 2 N–H and O–H groups in total. The topological polar surface area (TPSA) is 91.0 Å². The van der Waals surface area contributed by atoms with Gasteiger partial charge in [-0.2, -0.15) is 13.2 Å². The molecule has 1 saturated carbocycles. The molecule has 2 heterocycles. The molecule has 1 spiro atoms. The molecule has 1 aromatic rings. The summed E-state index contributed by atoms with van der Waals surface area (Å²) in [5.41, 5.74) is -1.73. The number of anilines is 2. The lowest BCUT2D eigenvalue weighted by molar-refractivity contribution is -0.137. The molecule has 192 valence electrons. The second kappa shape index (κ2) is 9.00. The lowest BCUT2D eigenvalue weighted by Crippen LogP contribution is -2.54. The van der Waals surface area contributed by atoms with Gasteiger partial charge in [-0.05, 0) is 48.8 Å². The van der Waals surface area contributed by atoms with Gasteiger partial charge < -0.3 is 20.3 Å². The first-order valence-corrected chi connectivity index (χ1v) is 11.8. The van der Waals surface area contributed by atoms with E-state index in [1.165, 1.54) is 6.07 Å². The van der Waals surface area contributed by atoms with Crippen molar-refractivity contribution in [2.45, 2.75) is 51.7 Å². The minimum atomic E-state index is -4.59. The van der Waals surface area contributed by atoms with E-state index in [4.69, 9.17) is 4.74 Å². The van der Waals surface area contributed by atoms with Gasteiger partial charge in [-0.15, -0.1) is 0 Å². The number of ether oxygens (including phenoxy) is 1. The highest BCUT2D eigenvalue weighted by Gasteiger charge is 2.56. The number of amides is 4. The van der Waals surface area contributed by atoms with Gasteiger partial charge in [0.1, 0.15) is 12.1 Å². The number of carbonyl (C=O) groups is 3. The molecule has 4 amide bonds. The van der Waals surface area contributed by atoms with Gasteiger partial charge in [0.15, 0.2) is 0 Å². The smallest absolute Gasteiger partial charge is 0.378 e. The van der Waals surface area contributed by atoms with Gasteiger partial charge in [-0.3, -0.25) is 14.5 Å².